The van der Waals surface area contributed by atoms with E-state index in [4.69, 9.17) is 4.42 Å². The molecule has 6 heteroatoms. The van der Waals surface area contributed by atoms with E-state index >= 15 is 0 Å². The molecule has 0 aliphatic rings. The van der Waals surface area contributed by atoms with Crippen molar-refractivity contribution in [3.63, 3.8) is 0 Å². The molecule has 0 spiro atoms. The number of nitrogens with one attached hydrogen (secondary N) is 2. The van der Waals surface area contributed by atoms with Crippen molar-refractivity contribution in [1.82, 2.24) is 15.5 Å². The smallest absolute Gasteiger partial charge is 0.315 e. The number of thioether (sulfide) groups is 1. The molecule has 0 amide bonds. The Labute approximate surface area is 107 Å². The van der Waals surface area contributed by atoms with Crippen molar-refractivity contribution >= 4 is 17.8 Å². The van der Waals surface area contributed by atoms with Crippen LogP contribution in [0.5, 0.6) is 0 Å². The van der Waals surface area contributed by atoms with E-state index in [1.54, 1.807) is 11.8 Å². The zero-order valence-electron chi connectivity index (χ0n) is 11.0. The van der Waals surface area contributed by atoms with Gasteiger partial charge in [0.2, 0.25) is 5.89 Å². The molecule has 0 aliphatic heterocycles. The highest BCUT2D eigenvalue weighted by molar-refractivity contribution is 7.99. The third-order valence-electron chi connectivity index (χ3n) is 2.45. The van der Waals surface area contributed by atoms with Gasteiger partial charge in [0.25, 0.3) is 0 Å². The molecule has 2 atom stereocenters. The lowest BCUT2D eigenvalue weighted by Gasteiger charge is -2.08. The first-order valence-electron chi connectivity index (χ1n) is 6.00. The summed E-state index contributed by atoms with van der Waals surface area (Å²) in [5.74, 6) is 0.637. The Morgan fingerprint density at radius 1 is 1.35 bits per heavy atom. The minimum atomic E-state index is 0.107. The molecule has 5 nitrogen and oxygen atoms in total. The van der Waals surface area contributed by atoms with Gasteiger partial charge in [0.15, 0.2) is 0 Å². The van der Waals surface area contributed by atoms with Gasteiger partial charge in [-0.2, -0.15) is 11.8 Å². The molecule has 0 bridgehead atoms. The van der Waals surface area contributed by atoms with E-state index in [1.165, 1.54) is 0 Å². The molecular formula is C11H22N4OS. The number of rotatable bonds is 8. The maximum Gasteiger partial charge on any atom is 0.315 e. The lowest BCUT2D eigenvalue weighted by atomic mass is 10.3. The van der Waals surface area contributed by atoms with Crippen molar-refractivity contribution in [2.24, 2.45) is 0 Å². The Hall–Kier alpha value is -0.750. The van der Waals surface area contributed by atoms with Crippen LogP contribution in [0.1, 0.15) is 39.1 Å². The predicted octanol–water partition coefficient (Wildman–Crippen LogP) is 2.29. The van der Waals surface area contributed by atoms with Crippen LogP contribution < -0.4 is 10.6 Å². The van der Waals surface area contributed by atoms with E-state index in [9.17, 15) is 0 Å². The van der Waals surface area contributed by atoms with Crippen molar-refractivity contribution < 1.29 is 4.42 Å². The van der Waals surface area contributed by atoms with Gasteiger partial charge in [0.05, 0.1) is 6.04 Å². The molecule has 98 valence electrons. The first-order valence-corrected chi connectivity index (χ1v) is 7.29. The van der Waals surface area contributed by atoms with Crippen LogP contribution in [0.25, 0.3) is 0 Å². The molecule has 1 rings (SSSR count). The fourth-order valence-electron chi connectivity index (χ4n) is 1.24. The third-order valence-corrected chi connectivity index (χ3v) is 3.43. The fraction of sp³-hybridized carbons (Fsp3) is 0.818. The zero-order valence-corrected chi connectivity index (χ0v) is 11.8. The molecule has 0 radical (unpaired) electrons. The molecule has 1 aromatic rings. The highest BCUT2D eigenvalue weighted by Crippen LogP contribution is 2.14. The summed E-state index contributed by atoms with van der Waals surface area (Å²) in [6, 6.07) is 0.613. The quantitative estimate of drug-likeness (QED) is 0.746. The fourth-order valence-corrected chi connectivity index (χ4v) is 1.49. The molecule has 1 heterocycles. The maximum absolute atomic E-state index is 5.53. The Bertz CT molecular complexity index is 318. The van der Waals surface area contributed by atoms with Gasteiger partial charge in [-0.3, -0.25) is 0 Å². The summed E-state index contributed by atoms with van der Waals surface area (Å²) in [6.07, 6.45) is 3.18. The summed E-state index contributed by atoms with van der Waals surface area (Å²) in [5, 5.41) is 15.0. The number of aromatic nitrogens is 2. The molecule has 0 saturated heterocycles. The summed E-state index contributed by atoms with van der Waals surface area (Å²) in [7, 11) is 0. The highest BCUT2D eigenvalue weighted by Gasteiger charge is 2.13. The Morgan fingerprint density at radius 3 is 2.76 bits per heavy atom. The molecule has 2 N–H and O–H groups in total. The van der Waals surface area contributed by atoms with Crippen LogP contribution >= 0.6 is 11.8 Å². The van der Waals surface area contributed by atoms with Crippen molar-refractivity contribution in [3.05, 3.63) is 5.89 Å². The third kappa shape index (κ3) is 4.95. The van der Waals surface area contributed by atoms with E-state index < -0.39 is 0 Å². The number of nitrogens with zero attached hydrogens (tertiary/aromatic N) is 2. The first-order chi connectivity index (χ1) is 8.17. The molecule has 17 heavy (non-hydrogen) atoms. The summed E-state index contributed by atoms with van der Waals surface area (Å²) >= 11 is 1.80. The lowest BCUT2D eigenvalue weighted by Crippen LogP contribution is -2.19. The molecule has 0 fully saturated rings. The van der Waals surface area contributed by atoms with Gasteiger partial charge in [-0.15, -0.1) is 5.10 Å². The summed E-state index contributed by atoms with van der Waals surface area (Å²) in [4.78, 5) is 0. The van der Waals surface area contributed by atoms with Gasteiger partial charge in [0.1, 0.15) is 0 Å². The SMILES string of the molecule is CCCNC(C)c1nnc(NCC(C)SC)o1. The molecular weight excluding hydrogens is 236 g/mol. The van der Waals surface area contributed by atoms with Gasteiger partial charge in [0, 0.05) is 11.8 Å². The van der Waals surface area contributed by atoms with Gasteiger partial charge in [-0.05, 0) is 26.1 Å². The molecule has 1 aromatic heterocycles. The van der Waals surface area contributed by atoms with Gasteiger partial charge in [-0.25, -0.2) is 0 Å². The summed E-state index contributed by atoms with van der Waals surface area (Å²) in [6.45, 7) is 8.09. The van der Waals surface area contributed by atoms with Gasteiger partial charge < -0.3 is 15.1 Å². The number of anilines is 1. The minimum absolute atomic E-state index is 0.107. The first kappa shape index (κ1) is 14.3. The normalized spacial score (nSPS) is 14.6. The van der Waals surface area contributed by atoms with Crippen molar-refractivity contribution in [1.29, 1.82) is 0 Å². The second kappa shape index (κ2) is 7.55. The molecule has 0 aromatic carbocycles. The average molecular weight is 258 g/mol. The van der Waals surface area contributed by atoms with E-state index in [0.717, 1.165) is 19.5 Å². The monoisotopic (exact) mass is 258 g/mol. The predicted molar refractivity (Wildman–Crippen MR) is 72.5 cm³/mol. The standard InChI is InChI=1S/C11H22N4OS/c1-5-6-12-9(3)10-14-15-11(16-10)13-7-8(2)17-4/h8-9,12H,5-7H2,1-4H3,(H,13,15). The van der Waals surface area contributed by atoms with Gasteiger partial charge >= 0.3 is 6.01 Å². The average Bonchev–Trinajstić information content (AvgIpc) is 2.81. The van der Waals surface area contributed by atoms with Gasteiger partial charge in [-0.1, -0.05) is 18.9 Å². The zero-order chi connectivity index (χ0) is 12.7. The topological polar surface area (TPSA) is 63.0 Å². The van der Waals surface area contributed by atoms with E-state index in [2.05, 4.69) is 40.9 Å². The van der Waals surface area contributed by atoms with Crippen molar-refractivity contribution in [2.45, 2.75) is 38.5 Å². The van der Waals surface area contributed by atoms with Crippen LogP contribution in [0.2, 0.25) is 0 Å². The largest absolute Gasteiger partial charge is 0.406 e. The van der Waals surface area contributed by atoms with E-state index in [0.29, 0.717) is 17.2 Å². The molecule has 0 aliphatic carbocycles. The Kier molecular flexibility index (Phi) is 6.36. The molecule has 0 saturated carbocycles. The Morgan fingerprint density at radius 2 is 2.12 bits per heavy atom. The summed E-state index contributed by atoms with van der Waals surface area (Å²) < 4.78 is 5.53. The van der Waals surface area contributed by atoms with Crippen molar-refractivity contribution in [2.75, 3.05) is 24.7 Å². The number of hydrogen-bond acceptors (Lipinski definition) is 6. The highest BCUT2D eigenvalue weighted by atomic mass is 32.2. The lowest BCUT2D eigenvalue weighted by molar-refractivity contribution is 0.423. The van der Waals surface area contributed by atoms with Crippen LogP contribution in [0.15, 0.2) is 4.42 Å². The second-order valence-corrected chi connectivity index (χ2v) is 5.32. The minimum Gasteiger partial charge on any atom is -0.406 e. The van der Waals surface area contributed by atoms with Crippen LogP contribution in [0, 0.1) is 0 Å². The van der Waals surface area contributed by atoms with Crippen LogP contribution in [0.4, 0.5) is 6.01 Å². The Balaban J connectivity index is 2.41. The number of hydrogen-bond donors (Lipinski definition) is 2. The molecule has 2 unspecified atom stereocenters. The maximum atomic E-state index is 5.53. The summed E-state index contributed by atoms with van der Waals surface area (Å²) in [5.41, 5.74) is 0. The van der Waals surface area contributed by atoms with Crippen molar-refractivity contribution in [3.8, 4) is 0 Å². The second-order valence-electron chi connectivity index (χ2n) is 4.05. The van der Waals surface area contributed by atoms with Crippen LogP contribution in [0.3, 0.4) is 0 Å². The van der Waals surface area contributed by atoms with Crippen LogP contribution in [-0.4, -0.2) is 34.8 Å². The van der Waals surface area contributed by atoms with E-state index in [1.807, 2.05) is 6.92 Å². The van der Waals surface area contributed by atoms with Crippen LogP contribution in [-0.2, 0) is 0 Å². The van der Waals surface area contributed by atoms with E-state index in [-0.39, 0.29) is 6.04 Å².